The molecule has 0 unspecified atom stereocenters. The van der Waals surface area contributed by atoms with E-state index >= 15 is 0 Å². The number of methoxy groups -OCH3 is 1. The van der Waals surface area contributed by atoms with Crippen LogP contribution in [0.4, 0.5) is 0 Å². The predicted molar refractivity (Wildman–Crippen MR) is 94.8 cm³/mol. The summed E-state index contributed by atoms with van der Waals surface area (Å²) in [7, 11) is 1.54. The van der Waals surface area contributed by atoms with Crippen molar-refractivity contribution in [3.63, 3.8) is 0 Å². The maximum absolute atomic E-state index is 12.0. The van der Waals surface area contributed by atoms with E-state index < -0.39 is 5.91 Å². The lowest BCUT2D eigenvalue weighted by Crippen LogP contribution is -2.41. The molecule has 0 aliphatic carbocycles. The van der Waals surface area contributed by atoms with Crippen LogP contribution in [0.1, 0.15) is 20.7 Å². The third-order valence-corrected chi connectivity index (χ3v) is 4.08. The van der Waals surface area contributed by atoms with Gasteiger partial charge in [0.05, 0.1) is 11.6 Å². The van der Waals surface area contributed by atoms with Crippen molar-refractivity contribution in [2.75, 3.05) is 7.11 Å². The summed E-state index contributed by atoms with van der Waals surface area (Å²) in [6, 6.07) is 12.0. The number of carbonyl (C=O) groups excluding carboxylic acids is 2. The molecule has 0 fully saturated rings. The Morgan fingerprint density at radius 2 is 1.68 bits per heavy atom. The zero-order valence-electron chi connectivity index (χ0n) is 11.5. The van der Waals surface area contributed by atoms with E-state index in [1.54, 1.807) is 43.5 Å². The molecule has 0 atom stereocenters. The van der Waals surface area contributed by atoms with E-state index in [9.17, 15) is 9.59 Å². The minimum atomic E-state index is -0.415. The molecule has 0 radical (unpaired) electrons. The lowest BCUT2D eigenvalue weighted by atomic mass is 10.2. The van der Waals surface area contributed by atoms with E-state index in [2.05, 4.69) is 49.4 Å². The van der Waals surface area contributed by atoms with Crippen LogP contribution >= 0.6 is 38.5 Å². The van der Waals surface area contributed by atoms with Gasteiger partial charge in [0.15, 0.2) is 0 Å². The smallest absolute Gasteiger partial charge is 0.269 e. The molecule has 114 valence electrons. The van der Waals surface area contributed by atoms with E-state index in [4.69, 9.17) is 4.74 Å². The topological polar surface area (TPSA) is 67.4 Å². The van der Waals surface area contributed by atoms with Crippen LogP contribution in [-0.2, 0) is 0 Å². The lowest BCUT2D eigenvalue weighted by Gasteiger charge is -2.09. The van der Waals surface area contributed by atoms with Gasteiger partial charge in [-0.25, -0.2) is 0 Å². The van der Waals surface area contributed by atoms with Crippen molar-refractivity contribution in [3.05, 3.63) is 61.6 Å². The summed E-state index contributed by atoms with van der Waals surface area (Å²) in [5.74, 6) is -0.166. The van der Waals surface area contributed by atoms with Crippen LogP contribution in [0.2, 0.25) is 0 Å². The number of hydrogen-bond acceptors (Lipinski definition) is 3. The Bertz CT molecular complexity index is 722. The molecule has 22 heavy (non-hydrogen) atoms. The van der Waals surface area contributed by atoms with E-state index in [0.29, 0.717) is 21.3 Å². The van der Waals surface area contributed by atoms with Gasteiger partial charge in [-0.1, -0.05) is 6.07 Å². The van der Waals surface area contributed by atoms with Gasteiger partial charge in [0.1, 0.15) is 5.75 Å². The molecule has 0 saturated carbocycles. The van der Waals surface area contributed by atoms with Crippen LogP contribution in [0, 0.1) is 3.57 Å². The fourth-order valence-corrected chi connectivity index (χ4v) is 2.78. The Kier molecular flexibility index (Phi) is 5.78. The number of halogens is 2. The monoisotopic (exact) mass is 474 g/mol. The summed E-state index contributed by atoms with van der Waals surface area (Å²) < 4.78 is 6.70. The lowest BCUT2D eigenvalue weighted by molar-refractivity contribution is 0.0846. The third kappa shape index (κ3) is 4.20. The van der Waals surface area contributed by atoms with Crippen LogP contribution < -0.4 is 15.6 Å². The number of rotatable bonds is 3. The minimum absolute atomic E-state index is 0.376. The molecular formula is C15H12BrIN2O3. The van der Waals surface area contributed by atoms with Crippen molar-refractivity contribution >= 4 is 50.3 Å². The van der Waals surface area contributed by atoms with Gasteiger partial charge in [-0.15, -0.1) is 0 Å². The largest absolute Gasteiger partial charge is 0.496 e. The zero-order valence-corrected chi connectivity index (χ0v) is 15.3. The Morgan fingerprint density at radius 3 is 2.23 bits per heavy atom. The Morgan fingerprint density at radius 1 is 1.05 bits per heavy atom. The van der Waals surface area contributed by atoms with E-state index in [1.165, 1.54) is 0 Å². The van der Waals surface area contributed by atoms with Gasteiger partial charge in [-0.3, -0.25) is 20.4 Å². The molecule has 0 saturated heterocycles. The molecule has 2 aromatic carbocycles. The highest BCUT2D eigenvalue weighted by molar-refractivity contribution is 14.1. The molecule has 0 aliphatic rings. The average Bonchev–Trinajstić information content (AvgIpc) is 2.52. The SMILES string of the molecule is COc1ccc(C(=O)NNC(=O)c2cccc(I)c2)cc1Br. The van der Waals surface area contributed by atoms with Crippen LogP contribution in [0.15, 0.2) is 46.9 Å². The molecule has 0 spiro atoms. The van der Waals surface area contributed by atoms with Crippen LogP contribution in [-0.4, -0.2) is 18.9 Å². The number of ether oxygens (including phenoxy) is 1. The molecule has 2 rings (SSSR count). The van der Waals surface area contributed by atoms with Gasteiger partial charge in [0, 0.05) is 14.7 Å². The number of amides is 2. The fourth-order valence-electron chi connectivity index (χ4n) is 1.70. The van der Waals surface area contributed by atoms with E-state index in [1.807, 2.05) is 6.07 Å². The summed E-state index contributed by atoms with van der Waals surface area (Å²) >= 11 is 5.42. The molecule has 7 heteroatoms. The number of benzene rings is 2. The van der Waals surface area contributed by atoms with E-state index in [0.717, 1.165) is 3.57 Å². The quantitative estimate of drug-likeness (QED) is 0.530. The first-order chi connectivity index (χ1) is 10.5. The fraction of sp³-hybridized carbons (Fsp3) is 0.0667. The van der Waals surface area contributed by atoms with Crippen LogP contribution in [0.25, 0.3) is 0 Å². The van der Waals surface area contributed by atoms with Gasteiger partial charge in [0.2, 0.25) is 0 Å². The minimum Gasteiger partial charge on any atom is -0.496 e. The normalized spacial score (nSPS) is 9.95. The summed E-state index contributed by atoms with van der Waals surface area (Å²) in [4.78, 5) is 24.0. The molecular weight excluding hydrogens is 463 g/mol. The first-order valence-electron chi connectivity index (χ1n) is 6.21. The molecule has 0 aliphatic heterocycles. The number of hydrogen-bond donors (Lipinski definition) is 2. The van der Waals surface area contributed by atoms with Crippen LogP contribution in [0.3, 0.4) is 0 Å². The van der Waals surface area contributed by atoms with Gasteiger partial charge in [-0.05, 0) is 74.9 Å². The molecule has 0 aromatic heterocycles. The molecule has 2 aromatic rings. The zero-order chi connectivity index (χ0) is 16.1. The second-order valence-electron chi connectivity index (χ2n) is 4.27. The van der Waals surface area contributed by atoms with E-state index in [-0.39, 0.29) is 5.91 Å². The standard InChI is InChI=1S/C15H12BrIN2O3/c1-22-13-6-5-10(8-12(13)16)15(21)19-18-14(20)9-3-2-4-11(17)7-9/h2-8H,1H3,(H,18,20)(H,19,21). The Balaban J connectivity index is 2.00. The number of hydrazine groups is 1. The van der Waals surface area contributed by atoms with Crippen molar-refractivity contribution in [1.29, 1.82) is 0 Å². The molecule has 0 bridgehead atoms. The van der Waals surface area contributed by atoms with Crippen molar-refractivity contribution in [2.45, 2.75) is 0 Å². The summed E-state index contributed by atoms with van der Waals surface area (Å²) in [6.07, 6.45) is 0. The third-order valence-electron chi connectivity index (χ3n) is 2.79. The van der Waals surface area contributed by atoms with Gasteiger partial charge in [0.25, 0.3) is 11.8 Å². The molecule has 2 amide bonds. The van der Waals surface area contributed by atoms with Crippen molar-refractivity contribution in [3.8, 4) is 5.75 Å². The maximum atomic E-state index is 12.0. The first-order valence-corrected chi connectivity index (χ1v) is 8.08. The second-order valence-corrected chi connectivity index (χ2v) is 6.37. The van der Waals surface area contributed by atoms with Crippen molar-refractivity contribution in [2.24, 2.45) is 0 Å². The summed E-state index contributed by atoms with van der Waals surface area (Å²) in [5.41, 5.74) is 5.64. The van der Waals surface area contributed by atoms with Gasteiger partial charge >= 0.3 is 0 Å². The van der Waals surface area contributed by atoms with Gasteiger partial charge in [-0.2, -0.15) is 0 Å². The average molecular weight is 475 g/mol. The highest BCUT2D eigenvalue weighted by Gasteiger charge is 2.11. The highest BCUT2D eigenvalue weighted by atomic mass is 127. The Labute approximate surface area is 149 Å². The molecule has 2 N–H and O–H groups in total. The maximum Gasteiger partial charge on any atom is 0.269 e. The molecule has 0 heterocycles. The number of nitrogens with one attached hydrogen (secondary N) is 2. The first kappa shape index (κ1) is 16.8. The predicted octanol–water partition coefficient (Wildman–Crippen LogP) is 3.14. The van der Waals surface area contributed by atoms with Crippen molar-refractivity contribution < 1.29 is 14.3 Å². The summed E-state index contributed by atoms with van der Waals surface area (Å²) in [6.45, 7) is 0. The molecule has 5 nitrogen and oxygen atoms in total. The second kappa shape index (κ2) is 7.59. The summed E-state index contributed by atoms with van der Waals surface area (Å²) in [5, 5.41) is 0. The number of carbonyl (C=O) groups is 2. The van der Waals surface area contributed by atoms with Gasteiger partial charge < -0.3 is 4.74 Å². The van der Waals surface area contributed by atoms with Crippen LogP contribution in [0.5, 0.6) is 5.75 Å². The highest BCUT2D eigenvalue weighted by Crippen LogP contribution is 2.25. The Hall–Kier alpha value is -1.61. The van der Waals surface area contributed by atoms with Crippen molar-refractivity contribution in [1.82, 2.24) is 10.9 Å².